The van der Waals surface area contributed by atoms with Gasteiger partial charge in [-0.3, -0.25) is 4.79 Å². The van der Waals surface area contributed by atoms with Crippen LogP contribution in [0.2, 0.25) is 0 Å². The first-order chi connectivity index (χ1) is 8.97. The van der Waals surface area contributed by atoms with E-state index in [2.05, 4.69) is 10.6 Å². The Morgan fingerprint density at radius 3 is 2.42 bits per heavy atom. The molecule has 1 rings (SSSR count). The monoisotopic (exact) mass is 270 g/mol. The van der Waals surface area contributed by atoms with Gasteiger partial charge in [0.1, 0.15) is 0 Å². The third-order valence-corrected chi connectivity index (χ3v) is 4.05. The fourth-order valence-corrected chi connectivity index (χ4v) is 2.68. The largest absolute Gasteiger partial charge is 0.481 e. The summed E-state index contributed by atoms with van der Waals surface area (Å²) in [5.41, 5.74) is -0.253. The molecule has 3 N–H and O–H groups in total. The van der Waals surface area contributed by atoms with Gasteiger partial charge in [-0.1, -0.05) is 26.2 Å². The number of aliphatic carboxylic acids is 1. The second-order valence-corrected chi connectivity index (χ2v) is 5.77. The van der Waals surface area contributed by atoms with Crippen molar-refractivity contribution in [3.8, 4) is 0 Å². The average molecular weight is 270 g/mol. The first kappa shape index (κ1) is 15.8. The molecule has 5 heteroatoms. The van der Waals surface area contributed by atoms with Crippen LogP contribution in [0.5, 0.6) is 0 Å². The summed E-state index contributed by atoms with van der Waals surface area (Å²) in [6.07, 6.45) is 6.10. The third kappa shape index (κ3) is 5.49. The Labute approximate surface area is 115 Å². The summed E-state index contributed by atoms with van der Waals surface area (Å²) in [5, 5.41) is 14.7. The second kappa shape index (κ2) is 7.36. The number of carboxylic acids is 1. The van der Waals surface area contributed by atoms with Crippen LogP contribution in [0.3, 0.4) is 0 Å². The standard InChI is InChI=1S/C14H26N2O3/c1-3-11(2)16-13(19)15-10-14(9-12(17)18)7-5-4-6-8-14/h11H,3-10H2,1-2H3,(H,17,18)(H2,15,16,19). The van der Waals surface area contributed by atoms with Crippen molar-refractivity contribution in [2.45, 2.75) is 64.8 Å². The van der Waals surface area contributed by atoms with Crippen molar-refractivity contribution in [1.29, 1.82) is 0 Å². The molecule has 1 atom stereocenters. The molecule has 0 aromatic carbocycles. The van der Waals surface area contributed by atoms with Crippen LogP contribution in [0.15, 0.2) is 0 Å². The maximum Gasteiger partial charge on any atom is 0.315 e. The van der Waals surface area contributed by atoms with Crippen molar-refractivity contribution < 1.29 is 14.7 Å². The minimum atomic E-state index is -0.772. The SMILES string of the molecule is CCC(C)NC(=O)NCC1(CC(=O)O)CCCCC1. The van der Waals surface area contributed by atoms with Gasteiger partial charge in [-0.15, -0.1) is 0 Å². The quantitative estimate of drug-likeness (QED) is 0.694. The highest BCUT2D eigenvalue weighted by atomic mass is 16.4. The zero-order chi connectivity index (χ0) is 14.3. The minimum absolute atomic E-state index is 0.141. The summed E-state index contributed by atoms with van der Waals surface area (Å²) in [5.74, 6) is -0.772. The lowest BCUT2D eigenvalue weighted by atomic mass is 9.72. The van der Waals surface area contributed by atoms with Gasteiger partial charge in [-0.2, -0.15) is 0 Å². The van der Waals surface area contributed by atoms with E-state index in [4.69, 9.17) is 5.11 Å². The van der Waals surface area contributed by atoms with Crippen molar-refractivity contribution in [3.63, 3.8) is 0 Å². The molecule has 0 heterocycles. The molecule has 0 bridgehead atoms. The summed E-state index contributed by atoms with van der Waals surface area (Å²) in [6.45, 7) is 4.42. The minimum Gasteiger partial charge on any atom is -0.481 e. The highest BCUT2D eigenvalue weighted by molar-refractivity contribution is 5.74. The zero-order valence-electron chi connectivity index (χ0n) is 12.0. The number of amides is 2. The Kier molecular flexibility index (Phi) is 6.12. The lowest BCUT2D eigenvalue weighted by Gasteiger charge is -2.36. The normalized spacial score (nSPS) is 19.5. The summed E-state index contributed by atoms with van der Waals surface area (Å²) in [4.78, 5) is 22.7. The Balaban J connectivity index is 2.48. The molecule has 1 fully saturated rings. The summed E-state index contributed by atoms with van der Waals surface area (Å²) < 4.78 is 0. The predicted molar refractivity (Wildman–Crippen MR) is 74.1 cm³/mol. The molecule has 0 aromatic rings. The number of nitrogens with one attached hydrogen (secondary N) is 2. The van der Waals surface area contributed by atoms with E-state index in [-0.39, 0.29) is 23.9 Å². The van der Waals surface area contributed by atoms with E-state index in [1.54, 1.807) is 0 Å². The van der Waals surface area contributed by atoms with E-state index in [1.807, 2.05) is 13.8 Å². The van der Waals surface area contributed by atoms with Crippen LogP contribution < -0.4 is 10.6 Å². The lowest BCUT2D eigenvalue weighted by Crippen LogP contribution is -2.46. The van der Waals surface area contributed by atoms with Gasteiger partial charge in [0, 0.05) is 12.6 Å². The highest BCUT2D eigenvalue weighted by Gasteiger charge is 2.34. The van der Waals surface area contributed by atoms with Crippen LogP contribution in [0, 0.1) is 5.41 Å². The van der Waals surface area contributed by atoms with Gasteiger partial charge in [0.2, 0.25) is 0 Å². The third-order valence-electron chi connectivity index (χ3n) is 4.05. The van der Waals surface area contributed by atoms with Gasteiger partial charge < -0.3 is 15.7 Å². The lowest BCUT2D eigenvalue weighted by molar-refractivity contribution is -0.140. The Morgan fingerprint density at radius 1 is 1.26 bits per heavy atom. The summed E-state index contributed by atoms with van der Waals surface area (Å²) in [7, 11) is 0. The molecule has 2 amide bonds. The van der Waals surface area contributed by atoms with Crippen LogP contribution in [0.1, 0.15) is 58.8 Å². The molecule has 0 aromatic heterocycles. The van der Waals surface area contributed by atoms with Crippen LogP contribution in [0.4, 0.5) is 4.79 Å². The molecule has 1 unspecified atom stereocenters. The van der Waals surface area contributed by atoms with Crippen LogP contribution in [-0.4, -0.2) is 29.7 Å². The van der Waals surface area contributed by atoms with Crippen molar-refractivity contribution in [3.05, 3.63) is 0 Å². The molecular formula is C14H26N2O3. The van der Waals surface area contributed by atoms with Crippen LogP contribution in [-0.2, 0) is 4.79 Å². The number of urea groups is 1. The number of carbonyl (C=O) groups is 2. The molecule has 1 saturated carbocycles. The smallest absolute Gasteiger partial charge is 0.315 e. The van der Waals surface area contributed by atoms with E-state index >= 15 is 0 Å². The topological polar surface area (TPSA) is 78.4 Å². The molecule has 0 saturated heterocycles. The fraction of sp³-hybridized carbons (Fsp3) is 0.857. The highest BCUT2D eigenvalue weighted by Crippen LogP contribution is 2.38. The number of rotatable bonds is 6. The van der Waals surface area contributed by atoms with E-state index in [9.17, 15) is 9.59 Å². The van der Waals surface area contributed by atoms with Gasteiger partial charge in [-0.05, 0) is 31.6 Å². The molecule has 0 spiro atoms. The van der Waals surface area contributed by atoms with Gasteiger partial charge >= 0.3 is 12.0 Å². The fourth-order valence-electron chi connectivity index (χ4n) is 2.68. The van der Waals surface area contributed by atoms with E-state index in [0.717, 1.165) is 32.1 Å². The molecule has 110 valence electrons. The number of carboxylic acid groups (broad SMARTS) is 1. The second-order valence-electron chi connectivity index (χ2n) is 5.77. The number of hydrogen-bond acceptors (Lipinski definition) is 2. The van der Waals surface area contributed by atoms with Gasteiger partial charge in [0.15, 0.2) is 0 Å². The first-order valence-electron chi connectivity index (χ1n) is 7.23. The van der Waals surface area contributed by atoms with E-state index < -0.39 is 5.97 Å². The van der Waals surface area contributed by atoms with Crippen LogP contribution >= 0.6 is 0 Å². The summed E-state index contributed by atoms with van der Waals surface area (Å²) in [6, 6.07) is -0.0496. The Morgan fingerprint density at radius 2 is 1.89 bits per heavy atom. The molecule has 1 aliphatic rings. The van der Waals surface area contributed by atoms with Gasteiger partial charge in [-0.25, -0.2) is 4.79 Å². The Bertz CT molecular complexity index is 312. The first-order valence-corrected chi connectivity index (χ1v) is 7.23. The number of hydrogen-bond donors (Lipinski definition) is 3. The molecule has 0 aliphatic heterocycles. The molecule has 0 radical (unpaired) electrons. The average Bonchev–Trinajstić information content (AvgIpc) is 2.36. The number of carbonyl (C=O) groups excluding carboxylic acids is 1. The van der Waals surface area contributed by atoms with E-state index in [1.165, 1.54) is 6.42 Å². The van der Waals surface area contributed by atoms with Crippen LogP contribution in [0.25, 0.3) is 0 Å². The maximum absolute atomic E-state index is 11.7. The van der Waals surface area contributed by atoms with E-state index in [0.29, 0.717) is 6.54 Å². The molecule has 5 nitrogen and oxygen atoms in total. The van der Waals surface area contributed by atoms with Gasteiger partial charge in [0.05, 0.1) is 6.42 Å². The van der Waals surface area contributed by atoms with Crippen molar-refractivity contribution in [2.75, 3.05) is 6.54 Å². The maximum atomic E-state index is 11.7. The zero-order valence-corrected chi connectivity index (χ0v) is 12.0. The van der Waals surface area contributed by atoms with Gasteiger partial charge in [0.25, 0.3) is 0 Å². The predicted octanol–water partition coefficient (Wildman–Crippen LogP) is 2.51. The summed E-state index contributed by atoms with van der Waals surface area (Å²) >= 11 is 0. The van der Waals surface area contributed by atoms with Crippen molar-refractivity contribution >= 4 is 12.0 Å². The Hall–Kier alpha value is -1.26. The molecule has 19 heavy (non-hydrogen) atoms. The molecular weight excluding hydrogens is 244 g/mol. The van der Waals surface area contributed by atoms with Crippen molar-refractivity contribution in [1.82, 2.24) is 10.6 Å². The molecule has 1 aliphatic carbocycles. The van der Waals surface area contributed by atoms with Crippen molar-refractivity contribution in [2.24, 2.45) is 5.41 Å².